The van der Waals surface area contributed by atoms with Crippen LogP contribution in [0, 0.1) is 5.92 Å². The first-order chi connectivity index (χ1) is 12.5. The van der Waals surface area contributed by atoms with Gasteiger partial charge in [0.1, 0.15) is 5.82 Å². The van der Waals surface area contributed by atoms with Crippen LogP contribution >= 0.6 is 0 Å². The Labute approximate surface area is 153 Å². The molecule has 1 amide bonds. The number of hydrogen-bond acceptors (Lipinski definition) is 7. The van der Waals surface area contributed by atoms with Crippen LogP contribution in [0.5, 0.6) is 0 Å². The van der Waals surface area contributed by atoms with Gasteiger partial charge in [-0.05, 0) is 50.9 Å². The van der Waals surface area contributed by atoms with Crippen molar-refractivity contribution in [3.8, 4) is 0 Å². The normalized spacial score (nSPS) is 28.7. The summed E-state index contributed by atoms with van der Waals surface area (Å²) in [6.45, 7) is 0.800. The number of nitrogens with one attached hydrogen (secondary N) is 2. The van der Waals surface area contributed by atoms with Gasteiger partial charge in [-0.1, -0.05) is 0 Å². The fourth-order valence-electron chi connectivity index (χ4n) is 3.92. The maximum absolute atomic E-state index is 11.7. The molecule has 0 radical (unpaired) electrons. The van der Waals surface area contributed by atoms with Gasteiger partial charge in [0.05, 0.1) is 11.7 Å². The fourth-order valence-corrected chi connectivity index (χ4v) is 3.92. The van der Waals surface area contributed by atoms with Crippen LogP contribution in [0.4, 0.5) is 11.8 Å². The van der Waals surface area contributed by atoms with Crippen molar-refractivity contribution in [2.45, 2.75) is 63.1 Å². The van der Waals surface area contributed by atoms with E-state index in [1.807, 2.05) is 0 Å². The van der Waals surface area contributed by atoms with Gasteiger partial charge in [0.25, 0.3) is 5.91 Å². The zero-order chi connectivity index (χ0) is 18.5. The maximum atomic E-state index is 11.7. The molecule has 0 aliphatic heterocycles. The zero-order valence-electron chi connectivity index (χ0n) is 15.3. The molecule has 5 N–H and O–H groups in total. The second-order valence-electron chi connectivity index (χ2n) is 7.45. The maximum Gasteiger partial charge on any atom is 0.254 e. The topological polar surface area (TPSA) is 122 Å². The van der Waals surface area contributed by atoms with Crippen molar-refractivity contribution in [1.82, 2.24) is 9.97 Å². The lowest BCUT2D eigenvalue weighted by molar-refractivity contribution is 0.100. The van der Waals surface area contributed by atoms with Gasteiger partial charge in [-0.25, -0.2) is 4.98 Å². The van der Waals surface area contributed by atoms with Crippen LogP contribution in [-0.2, 0) is 4.74 Å². The minimum Gasteiger partial charge on any atom is -0.393 e. The first-order valence-electron chi connectivity index (χ1n) is 9.42. The SMILES string of the molecule is COCC1CCC(Nc2nc(N[C@H]3CC[C@H](O)C3)ncc2C(N)=O)CC1. The zero-order valence-corrected chi connectivity index (χ0v) is 15.3. The number of aromatic nitrogens is 2. The van der Waals surface area contributed by atoms with Gasteiger partial charge in [-0.2, -0.15) is 4.98 Å². The number of aliphatic hydroxyl groups excluding tert-OH is 1. The molecule has 0 bridgehead atoms. The van der Waals surface area contributed by atoms with Crippen LogP contribution in [0.3, 0.4) is 0 Å². The van der Waals surface area contributed by atoms with E-state index in [2.05, 4.69) is 20.6 Å². The molecule has 0 unspecified atom stereocenters. The number of carbonyl (C=O) groups excluding carboxylic acids is 1. The van der Waals surface area contributed by atoms with Crippen molar-refractivity contribution in [3.05, 3.63) is 11.8 Å². The highest BCUT2D eigenvalue weighted by Gasteiger charge is 2.25. The van der Waals surface area contributed by atoms with Crippen LogP contribution in [0.2, 0.25) is 0 Å². The molecule has 144 valence electrons. The average molecular weight is 363 g/mol. The molecule has 1 heterocycles. The summed E-state index contributed by atoms with van der Waals surface area (Å²) in [6, 6.07) is 0.416. The number of carbonyl (C=O) groups is 1. The van der Waals surface area contributed by atoms with E-state index in [9.17, 15) is 9.90 Å². The number of rotatable bonds is 7. The molecule has 2 atom stereocenters. The standard InChI is InChI=1S/C18H29N5O3/c1-26-10-11-2-4-12(5-3-11)21-17-15(16(19)25)9-20-18(23-17)22-13-6-7-14(24)8-13/h9,11-14,24H,2-8,10H2,1H3,(H2,19,25)(H2,20,21,22,23)/t11?,12?,13-,14-/m0/s1. The Hall–Kier alpha value is -1.93. The Morgan fingerprint density at radius 3 is 2.58 bits per heavy atom. The van der Waals surface area contributed by atoms with Crippen molar-refractivity contribution in [2.24, 2.45) is 11.7 Å². The molecule has 2 fully saturated rings. The number of methoxy groups -OCH3 is 1. The van der Waals surface area contributed by atoms with Crippen LogP contribution in [0.25, 0.3) is 0 Å². The second kappa shape index (κ2) is 8.64. The van der Waals surface area contributed by atoms with Crippen molar-refractivity contribution in [2.75, 3.05) is 24.4 Å². The third-order valence-corrected chi connectivity index (χ3v) is 5.38. The second-order valence-corrected chi connectivity index (χ2v) is 7.45. The fraction of sp³-hybridized carbons (Fsp3) is 0.722. The number of ether oxygens (including phenoxy) is 1. The Kier molecular flexibility index (Phi) is 6.26. The summed E-state index contributed by atoms with van der Waals surface area (Å²) < 4.78 is 5.24. The number of aliphatic hydroxyl groups is 1. The molecule has 8 nitrogen and oxygen atoms in total. The van der Waals surface area contributed by atoms with E-state index in [1.54, 1.807) is 7.11 Å². The smallest absolute Gasteiger partial charge is 0.254 e. The van der Waals surface area contributed by atoms with Crippen molar-refractivity contribution in [3.63, 3.8) is 0 Å². The summed E-state index contributed by atoms with van der Waals surface area (Å²) in [5, 5.41) is 16.3. The highest BCUT2D eigenvalue weighted by Crippen LogP contribution is 2.28. The van der Waals surface area contributed by atoms with E-state index < -0.39 is 5.91 Å². The Bertz CT molecular complexity index is 619. The minimum atomic E-state index is -0.539. The van der Waals surface area contributed by atoms with Gasteiger partial charge in [-0.3, -0.25) is 4.79 Å². The lowest BCUT2D eigenvalue weighted by Gasteiger charge is -2.29. The molecule has 8 heteroatoms. The van der Waals surface area contributed by atoms with E-state index in [1.165, 1.54) is 6.20 Å². The summed E-state index contributed by atoms with van der Waals surface area (Å²) in [4.78, 5) is 20.4. The monoisotopic (exact) mass is 363 g/mol. The number of amides is 1. The van der Waals surface area contributed by atoms with Gasteiger partial charge in [0.15, 0.2) is 0 Å². The molecule has 1 aromatic rings. The molecule has 2 aliphatic rings. The van der Waals surface area contributed by atoms with Gasteiger partial charge in [-0.15, -0.1) is 0 Å². The summed E-state index contributed by atoms with van der Waals surface area (Å²) in [5.74, 6) is 1.02. The third-order valence-electron chi connectivity index (χ3n) is 5.38. The van der Waals surface area contributed by atoms with E-state index >= 15 is 0 Å². The number of nitrogens with zero attached hydrogens (tertiary/aromatic N) is 2. The van der Waals surface area contributed by atoms with E-state index in [-0.39, 0.29) is 18.2 Å². The summed E-state index contributed by atoms with van der Waals surface area (Å²) in [6.07, 6.45) is 7.76. The highest BCUT2D eigenvalue weighted by molar-refractivity contribution is 5.97. The number of primary amides is 1. The average Bonchev–Trinajstić information content (AvgIpc) is 3.02. The van der Waals surface area contributed by atoms with Crippen molar-refractivity contribution in [1.29, 1.82) is 0 Å². The molecular formula is C18H29N5O3. The van der Waals surface area contributed by atoms with Crippen molar-refractivity contribution < 1.29 is 14.6 Å². The molecule has 0 aromatic carbocycles. The van der Waals surface area contributed by atoms with Crippen LogP contribution < -0.4 is 16.4 Å². The molecule has 2 saturated carbocycles. The summed E-state index contributed by atoms with van der Waals surface area (Å²) >= 11 is 0. The largest absolute Gasteiger partial charge is 0.393 e. The predicted molar refractivity (Wildman–Crippen MR) is 99.1 cm³/mol. The summed E-state index contributed by atoms with van der Waals surface area (Å²) in [5.41, 5.74) is 5.79. The van der Waals surface area contributed by atoms with Crippen molar-refractivity contribution >= 4 is 17.7 Å². The van der Waals surface area contributed by atoms with E-state index in [4.69, 9.17) is 10.5 Å². The first-order valence-corrected chi connectivity index (χ1v) is 9.42. The number of anilines is 2. The summed E-state index contributed by atoms with van der Waals surface area (Å²) in [7, 11) is 1.74. The Morgan fingerprint density at radius 2 is 1.96 bits per heavy atom. The minimum absolute atomic E-state index is 0.154. The van der Waals surface area contributed by atoms with Gasteiger partial charge < -0.3 is 26.2 Å². The number of nitrogens with two attached hydrogens (primary N) is 1. The van der Waals surface area contributed by atoms with Gasteiger partial charge >= 0.3 is 0 Å². The lowest BCUT2D eigenvalue weighted by atomic mass is 9.86. The first kappa shape index (κ1) is 18.8. The van der Waals surface area contributed by atoms with Gasteiger partial charge in [0.2, 0.25) is 5.95 Å². The molecule has 0 saturated heterocycles. The predicted octanol–water partition coefficient (Wildman–Crippen LogP) is 1.52. The Morgan fingerprint density at radius 1 is 1.23 bits per heavy atom. The van der Waals surface area contributed by atoms with Gasteiger partial charge in [0, 0.05) is 32.0 Å². The molecular weight excluding hydrogens is 334 g/mol. The van der Waals surface area contributed by atoms with Crippen LogP contribution in [0.1, 0.15) is 55.3 Å². The third kappa shape index (κ3) is 4.82. The van der Waals surface area contributed by atoms with E-state index in [0.717, 1.165) is 45.1 Å². The molecule has 1 aromatic heterocycles. The van der Waals surface area contributed by atoms with Crippen LogP contribution in [-0.4, -0.2) is 52.9 Å². The Balaban J connectivity index is 1.66. The highest BCUT2D eigenvalue weighted by atomic mass is 16.5. The van der Waals surface area contributed by atoms with E-state index in [0.29, 0.717) is 29.7 Å². The quantitative estimate of drug-likeness (QED) is 0.579. The lowest BCUT2D eigenvalue weighted by Crippen LogP contribution is -2.30. The molecule has 0 spiro atoms. The molecule has 2 aliphatic carbocycles. The van der Waals surface area contributed by atoms with Crippen LogP contribution in [0.15, 0.2) is 6.20 Å². The molecule has 26 heavy (non-hydrogen) atoms. The molecule has 3 rings (SSSR count). The number of hydrogen-bond donors (Lipinski definition) is 4.